The number of hydrogen-bond acceptors (Lipinski definition) is 2. The standard InChI is InChI=1S/C12H15NO2/c1-8-5-4-6-11(7-8)13-12(15)9(2)10(3)14/h4-7,9H,1-3H3,(H,13,15). The van der Waals surface area contributed by atoms with Crippen molar-refractivity contribution in [2.45, 2.75) is 20.8 Å². The van der Waals surface area contributed by atoms with Crippen molar-refractivity contribution in [1.29, 1.82) is 0 Å². The van der Waals surface area contributed by atoms with Gasteiger partial charge in [-0.2, -0.15) is 0 Å². The fourth-order valence-corrected chi connectivity index (χ4v) is 1.16. The molecule has 0 bridgehead atoms. The third-order valence-electron chi connectivity index (χ3n) is 2.29. The molecule has 80 valence electrons. The molecule has 1 N–H and O–H groups in total. The molecule has 1 rings (SSSR count). The van der Waals surface area contributed by atoms with Crippen LogP contribution in [0.15, 0.2) is 24.3 Å². The maximum absolute atomic E-state index is 11.5. The second-order valence-electron chi connectivity index (χ2n) is 3.69. The van der Waals surface area contributed by atoms with Gasteiger partial charge in [0.05, 0.1) is 5.92 Å². The van der Waals surface area contributed by atoms with Crippen LogP contribution < -0.4 is 5.32 Å². The molecule has 0 saturated heterocycles. The Bertz CT molecular complexity index is 385. The van der Waals surface area contributed by atoms with Gasteiger partial charge in [0.1, 0.15) is 5.78 Å². The molecule has 1 amide bonds. The van der Waals surface area contributed by atoms with E-state index in [0.717, 1.165) is 11.3 Å². The normalized spacial score (nSPS) is 11.9. The molecule has 1 atom stereocenters. The van der Waals surface area contributed by atoms with Crippen molar-refractivity contribution in [2.24, 2.45) is 5.92 Å². The summed E-state index contributed by atoms with van der Waals surface area (Å²) < 4.78 is 0. The van der Waals surface area contributed by atoms with Gasteiger partial charge in [0, 0.05) is 5.69 Å². The lowest BCUT2D eigenvalue weighted by atomic mass is 10.1. The fourth-order valence-electron chi connectivity index (χ4n) is 1.16. The van der Waals surface area contributed by atoms with E-state index >= 15 is 0 Å². The van der Waals surface area contributed by atoms with Crippen LogP contribution in [0, 0.1) is 12.8 Å². The number of hydrogen-bond donors (Lipinski definition) is 1. The Labute approximate surface area is 89.5 Å². The molecule has 0 aliphatic carbocycles. The molecule has 0 aliphatic rings. The second-order valence-corrected chi connectivity index (χ2v) is 3.69. The van der Waals surface area contributed by atoms with Crippen LogP contribution in [0.3, 0.4) is 0 Å². The molecule has 1 unspecified atom stereocenters. The first-order chi connectivity index (χ1) is 7.00. The third kappa shape index (κ3) is 3.20. The monoisotopic (exact) mass is 205 g/mol. The molecule has 0 aliphatic heterocycles. The summed E-state index contributed by atoms with van der Waals surface area (Å²) in [6, 6.07) is 7.48. The minimum atomic E-state index is -0.592. The summed E-state index contributed by atoms with van der Waals surface area (Å²) >= 11 is 0. The molecular weight excluding hydrogens is 190 g/mol. The fraction of sp³-hybridized carbons (Fsp3) is 0.333. The van der Waals surface area contributed by atoms with Crippen molar-refractivity contribution in [3.8, 4) is 0 Å². The van der Waals surface area contributed by atoms with Crippen LogP contribution in [0.4, 0.5) is 5.69 Å². The van der Waals surface area contributed by atoms with Gasteiger partial charge in [0.2, 0.25) is 5.91 Å². The highest BCUT2D eigenvalue weighted by Crippen LogP contribution is 2.11. The van der Waals surface area contributed by atoms with Crippen molar-refractivity contribution >= 4 is 17.4 Å². The minimum absolute atomic E-state index is 0.125. The number of Topliss-reactive ketones (excluding diaryl/α,β-unsaturated/α-hetero) is 1. The molecule has 0 fully saturated rings. The second kappa shape index (κ2) is 4.73. The number of carbonyl (C=O) groups is 2. The number of nitrogens with one attached hydrogen (secondary N) is 1. The summed E-state index contributed by atoms with van der Waals surface area (Å²) in [7, 11) is 0. The van der Waals surface area contributed by atoms with E-state index in [0.29, 0.717) is 0 Å². The van der Waals surface area contributed by atoms with Crippen LogP contribution in [0.1, 0.15) is 19.4 Å². The van der Waals surface area contributed by atoms with Gasteiger partial charge in [0.15, 0.2) is 0 Å². The third-order valence-corrected chi connectivity index (χ3v) is 2.29. The van der Waals surface area contributed by atoms with Gasteiger partial charge in [-0.05, 0) is 38.5 Å². The van der Waals surface area contributed by atoms with Gasteiger partial charge >= 0.3 is 0 Å². The van der Waals surface area contributed by atoms with Crippen molar-refractivity contribution in [3.63, 3.8) is 0 Å². The van der Waals surface area contributed by atoms with Gasteiger partial charge in [-0.3, -0.25) is 9.59 Å². The summed E-state index contributed by atoms with van der Waals surface area (Å²) in [5.41, 5.74) is 1.80. The average Bonchev–Trinajstić information content (AvgIpc) is 2.16. The Balaban J connectivity index is 2.70. The summed E-state index contributed by atoms with van der Waals surface area (Å²) in [5, 5.41) is 2.70. The zero-order valence-corrected chi connectivity index (χ0v) is 9.20. The average molecular weight is 205 g/mol. The first kappa shape index (κ1) is 11.4. The maximum Gasteiger partial charge on any atom is 0.234 e. The molecule has 0 aromatic heterocycles. The summed E-state index contributed by atoms with van der Waals surface area (Å²) in [6.07, 6.45) is 0. The predicted octanol–water partition coefficient (Wildman–Crippen LogP) is 2.16. The lowest BCUT2D eigenvalue weighted by Gasteiger charge is -2.09. The highest BCUT2D eigenvalue weighted by Gasteiger charge is 2.17. The Morgan fingerprint density at radius 1 is 1.33 bits per heavy atom. The summed E-state index contributed by atoms with van der Waals surface area (Å²) in [5.74, 6) is -0.973. The number of amides is 1. The Kier molecular flexibility index (Phi) is 3.61. The van der Waals surface area contributed by atoms with E-state index in [2.05, 4.69) is 5.32 Å². The number of benzene rings is 1. The van der Waals surface area contributed by atoms with Crippen molar-refractivity contribution in [1.82, 2.24) is 0 Å². The largest absolute Gasteiger partial charge is 0.325 e. The molecule has 1 aromatic rings. The quantitative estimate of drug-likeness (QED) is 0.768. The van der Waals surface area contributed by atoms with Gasteiger partial charge < -0.3 is 5.32 Å². The van der Waals surface area contributed by atoms with E-state index in [9.17, 15) is 9.59 Å². The highest BCUT2D eigenvalue weighted by atomic mass is 16.2. The first-order valence-corrected chi connectivity index (χ1v) is 4.88. The van der Waals surface area contributed by atoms with Gasteiger partial charge in [-0.15, -0.1) is 0 Å². The van der Waals surface area contributed by atoms with Crippen LogP contribution in [0.5, 0.6) is 0 Å². The van der Waals surface area contributed by atoms with E-state index in [4.69, 9.17) is 0 Å². The van der Waals surface area contributed by atoms with E-state index in [1.165, 1.54) is 6.92 Å². The van der Waals surface area contributed by atoms with E-state index in [-0.39, 0.29) is 11.7 Å². The smallest absolute Gasteiger partial charge is 0.234 e. The SMILES string of the molecule is CC(=O)C(C)C(=O)Nc1cccc(C)c1. The molecule has 0 saturated carbocycles. The number of rotatable bonds is 3. The zero-order valence-electron chi connectivity index (χ0n) is 9.20. The Morgan fingerprint density at radius 2 is 2.00 bits per heavy atom. The molecular formula is C12H15NO2. The lowest BCUT2D eigenvalue weighted by molar-refractivity contribution is -0.129. The van der Waals surface area contributed by atoms with Gasteiger partial charge in [0.25, 0.3) is 0 Å². The maximum atomic E-state index is 11.5. The number of anilines is 1. The van der Waals surface area contributed by atoms with Crippen LogP contribution in [-0.2, 0) is 9.59 Å². The predicted molar refractivity (Wildman–Crippen MR) is 59.7 cm³/mol. The first-order valence-electron chi connectivity index (χ1n) is 4.88. The molecule has 0 spiro atoms. The van der Waals surface area contributed by atoms with Crippen molar-refractivity contribution in [2.75, 3.05) is 5.32 Å². The zero-order chi connectivity index (χ0) is 11.4. The topological polar surface area (TPSA) is 46.2 Å². The van der Waals surface area contributed by atoms with Gasteiger partial charge in [-0.25, -0.2) is 0 Å². The van der Waals surface area contributed by atoms with Crippen LogP contribution in [0.2, 0.25) is 0 Å². The Morgan fingerprint density at radius 3 is 2.53 bits per heavy atom. The van der Waals surface area contributed by atoms with E-state index in [1.54, 1.807) is 13.0 Å². The van der Waals surface area contributed by atoms with Crippen LogP contribution >= 0.6 is 0 Å². The molecule has 3 heteroatoms. The van der Waals surface area contributed by atoms with Gasteiger partial charge in [-0.1, -0.05) is 12.1 Å². The summed E-state index contributed by atoms with van der Waals surface area (Å²) in [6.45, 7) is 4.97. The number of carbonyl (C=O) groups excluding carboxylic acids is 2. The molecule has 0 heterocycles. The molecule has 0 radical (unpaired) electrons. The number of ketones is 1. The van der Waals surface area contributed by atoms with Crippen LogP contribution in [0.25, 0.3) is 0 Å². The van der Waals surface area contributed by atoms with Crippen molar-refractivity contribution < 1.29 is 9.59 Å². The van der Waals surface area contributed by atoms with E-state index in [1.807, 2.05) is 25.1 Å². The Hall–Kier alpha value is -1.64. The number of aryl methyl sites for hydroxylation is 1. The van der Waals surface area contributed by atoms with Crippen molar-refractivity contribution in [3.05, 3.63) is 29.8 Å². The molecule has 3 nitrogen and oxygen atoms in total. The lowest BCUT2D eigenvalue weighted by Crippen LogP contribution is -2.25. The minimum Gasteiger partial charge on any atom is -0.325 e. The van der Waals surface area contributed by atoms with E-state index < -0.39 is 5.92 Å². The summed E-state index contributed by atoms with van der Waals surface area (Å²) in [4.78, 5) is 22.5. The van der Waals surface area contributed by atoms with Crippen LogP contribution in [-0.4, -0.2) is 11.7 Å². The molecule has 1 aromatic carbocycles. The molecule has 15 heavy (non-hydrogen) atoms. The highest BCUT2D eigenvalue weighted by molar-refractivity contribution is 6.06.